The molecular weight excluding hydrogens is 366 g/mol. The minimum Gasteiger partial charge on any atom is -0.378 e. The van der Waals surface area contributed by atoms with Gasteiger partial charge in [0.25, 0.3) is 0 Å². The first-order chi connectivity index (χ1) is 11.8. The Morgan fingerprint density at radius 3 is 2.36 bits per heavy atom. The highest BCUT2D eigenvalue weighted by Gasteiger charge is 2.45. The summed E-state index contributed by atoms with van der Waals surface area (Å²) in [4.78, 5) is 16.4. The Labute approximate surface area is 153 Å². The number of rotatable bonds is 2. The standard InChI is InChI=1S/C16H22ClN3O4S/c1-12-11-19(25(22,23)15-5-3-14(17)4-6-15)13(2)20(12)16(21)18-7-9-24-10-8-18/h3-6,12-13H,7-11H2,1-2H3/t12-,13-/m1/s1. The van der Waals surface area contributed by atoms with Crippen molar-refractivity contribution >= 4 is 27.7 Å². The third-order valence-corrected chi connectivity index (χ3v) is 6.85. The van der Waals surface area contributed by atoms with E-state index in [2.05, 4.69) is 0 Å². The zero-order chi connectivity index (χ0) is 18.2. The van der Waals surface area contributed by atoms with Crippen LogP contribution in [0.5, 0.6) is 0 Å². The third-order valence-electron chi connectivity index (χ3n) is 4.66. The van der Waals surface area contributed by atoms with Crippen molar-refractivity contribution in [3.63, 3.8) is 0 Å². The largest absolute Gasteiger partial charge is 0.378 e. The fraction of sp³-hybridized carbons (Fsp3) is 0.562. The van der Waals surface area contributed by atoms with Crippen molar-refractivity contribution in [2.45, 2.75) is 31.0 Å². The maximum Gasteiger partial charge on any atom is 0.321 e. The molecule has 1 aromatic carbocycles. The molecule has 0 unspecified atom stereocenters. The Morgan fingerprint density at radius 1 is 1.16 bits per heavy atom. The van der Waals surface area contributed by atoms with Crippen molar-refractivity contribution in [1.29, 1.82) is 0 Å². The van der Waals surface area contributed by atoms with Crippen molar-refractivity contribution < 1.29 is 17.9 Å². The first-order valence-electron chi connectivity index (χ1n) is 8.25. The summed E-state index contributed by atoms with van der Waals surface area (Å²) in [7, 11) is -3.70. The highest BCUT2D eigenvalue weighted by molar-refractivity contribution is 7.89. The molecule has 2 aliphatic heterocycles. The number of hydrogen-bond acceptors (Lipinski definition) is 4. The topological polar surface area (TPSA) is 70.2 Å². The zero-order valence-corrected chi connectivity index (χ0v) is 15.8. The van der Waals surface area contributed by atoms with Crippen LogP contribution in [0.2, 0.25) is 5.02 Å². The molecule has 2 aliphatic rings. The molecule has 0 bridgehead atoms. The van der Waals surface area contributed by atoms with Crippen LogP contribution < -0.4 is 0 Å². The van der Waals surface area contributed by atoms with E-state index in [1.165, 1.54) is 16.4 Å². The Morgan fingerprint density at radius 2 is 1.76 bits per heavy atom. The molecule has 138 valence electrons. The molecule has 2 fully saturated rings. The summed E-state index contributed by atoms with van der Waals surface area (Å²) in [5.74, 6) is 0. The van der Waals surface area contributed by atoms with E-state index < -0.39 is 16.2 Å². The van der Waals surface area contributed by atoms with Gasteiger partial charge in [-0.15, -0.1) is 0 Å². The van der Waals surface area contributed by atoms with Gasteiger partial charge in [-0.25, -0.2) is 13.2 Å². The summed E-state index contributed by atoms with van der Waals surface area (Å²) in [5.41, 5.74) is 0. The number of amides is 2. The predicted molar refractivity (Wildman–Crippen MR) is 93.9 cm³/mol. The van der Waals surface area contributed by atoms with Crippen LogP contribution in [-0.4, -0.2) is 73.6 Å². The van der Waals surface area contributed by atoms with Gasteiger partial charge in [0.05, 0.1) is 24.3 Å². The fourth-order valence-electron chi connectivity index (χ4n) is 3.32. The molecule has 2 amide bonds. The lowest BCUT2D eigenvalue weighted by molar-refractivity contribution is 0.0382. The first kappa shape index (κ1) is 18.4. The second-order valence-electron chi connectivity index (χ2n) is 6.30. The van der Waals surface area contributed by atoms with Crippen LogP contribution in [0.1, 0.15) is 13.8 Å². The summed E-state index contributed by atoms with van der Waals surface area (Å²) in [6.45, 7) is 5.95. The lowest BCUT2D eigenvalue weighted by Crippen LogP contribution is -2.52. The average molecular weight is 388 g/mol. The summed E-state index contributed by atoms with van der Waals surface area (Å²) >= 11 is 5.85. The summed E-state index contributed by atoms with van der Waals surface area (Å²) in [6.07, 6.45) is -0.550. The highest BCUT2D eigenvalue weighted by atomic mass is 35.5. The van der Waals surface area contributed by atoms with Gasteiger partial charge in [0, 0.05) is 30.7 Å². The van der Waals surface area contributed by atoms with Crippen LogP contribution in [0.25, 0.3) is 0 Å². The number of nitrogens with zero attached hydrogens (tertiary/aromatic N) is 3. The van der Waals surface area contributed by atoms with E-state index in [0.29, 0.717) is 31.3 Å². The molecule has 3 rings (SSSR count). The number of benzene rings is 1. The van der Waals surface area contributed by atoms with Gasteiger partial charge in [-0.05, 0) is 38.1 Å². The quantitative estimate of drug-likeness (QED) is 0.776. The maximum absolute atomic E-state index is 13.0. The van der Waals surface area contributed by atoms with E-state index >= 15 is 0 Å². The highest BCUT2D eigenvalue weighted by Crippen LogP contribution is 2.29. The molecule has 2 atom stereocenters. The molecular formula is C16H22ClN3O4S. The molecule has 9 heteroatoms. The minimum absolute atomic E-state index is 0.142. The number of halogens is 1. The third kappa shape index (κ3) is 3.48. The van der Waals surface area contributed by atoms with Crippen LogP contribution in [0, 0.1) is 0 Å². The number of carbonyl (C=O) groups is 1. The summed E-state index contributed by atoms with van der Waals surface area (Å²) < 4.78 is 32.6. The molecule has 0 spiro atoms. The Kier molecular flexibility index (Phi) is 5.24. The van der Waals surface area contributed by atoms with Crippen molar-refractivity contribution in [1.82, 2.24) is 14.1 Å². The van der Waals surface area contributed by atoms with Gasteiger partial charge >= 0.3 is 6.03 Å². The normalized spacial score (nSPS) is 25.4. The Balaban J connectivity index is 1.82. The molecule has 2 heterocycles. The van der Waals surface area contributed by atoms with Gasteiger partial charge in [-0.1, -0.05) is 11.6 Å². The molecule has 0 aromatic heterocycles. The molecule has 7 nitrogen and oxygen atoms in total. The number of urea groups is 1. The Hall–Kier alpha value is -1.35. The van der Waals surface area contributed by atoms with Gasteiger partial charge in [0.2, 0.25) is 10.0 Å². The lowest BCUT2D eigenvalue weighted by atomic mass is 10.3. The van der Waals surface area contributed by atoms with Crippen molar-refractivity contribution in [2.24, 2.45) is 0 Å². The van der Waals surface area contributed by atoms with E-state index in [1.54, 1.807) is 28.9 Å². The van der Waals surface area contributed by atoms with E-state index in [1.807, 2.05) is 6.92 Å². The number of hydrogen-bond donors (Lipinski definition) is 0. The molecule has 1 aromatic rings. The van der Waals surface area contributed by atoms with E-state index in [4.69, 9.17) is 16.3 Å². The summed E-state index contributed by atoms with van der Waals surface area (Å²) in [5, 5.41) is 0.478. The van der Waals surface area contributed by atoms with Crippen molar-refractivity contribution in [3.8, 4) is 0 Å². The molecule has 0 aliphatic carbocycles. The SMILES string of the molecule is C[C@@H]1CN(S(=O)(=O)c2ccc(Cl)cc2)[C@@H](C)N1C(=O)N1CCOCC1. The van der Waals surface area contributed by atoms with Crippen molar-refractivity contribution in [3.05, 3.63) is 29.3 Å². The van der Waals surface area contributed by atoms with Crippen molar-refractivity contribution in [2.75, 3.05) is 32.8 Å². The molecule has 0 radical (unpaired) electrons. The van der Waals surface area contributed by atoms with Crippen LogP contribution in [0.3, 0.4) is 0 Å². The molecule has 0 saturated carbocycles. The fourth-order valence-corrected chi connectivity index (χ4v) is 5.11. The maximum atomic E-state index is 13.0. The average Bonchev–Trinajstić information content (AvgIpc) is 2.90. The van der Waals surface area contributed by atoms with E-state index in [0.717, 1.165) is 0 Å². The van der Waals surface area contributed by atoms with Crippen LogP contribution in [0.15, 0.2) is 29.2 Å². The van der Waals surface area contributed by atoms with E-state index in [9.17, 15) is 13.2 Å². The van der Waals surface area contributed by atoms with Gasteiger partial charge in [0.15, 0.2) is 0 Å². The Bertz CT molecular complexity index is 734. The molecule has 2 saturated heterocycles. The zero-order valence-electron chi connectivity index (χ0n) is 14.3. The van der Waals surface area contributed by atoms with Gasteiger partial charge in [-0.3, -0.25) is 0 Å². The predicted octanol–water partition coefficient (Wildman–Crippen LogP) is 1.83. The smallest absolute Gasteiger partial charge is 0.321 e. The van der Waals surface area contributed by atoms with Gasteiger partial charge in [-0.2, -0.15) is 4.31 Å². The number of ether oxygens (including phenoxy) is 1. The minimum atomic E-state index is -3.70. The molecule has 0 N–H and O–H groups in total. The number of morpholine rings is 1. The van der Waals surface area contributed by atoms with Crippen LogP contribution in [-0.2, 0) is 14.8 Å². The summed E-state index contributed by atoms with van der Waals surface area (Å²) in [6, 6.07) is 5.73. The second kappa shape index (κ2) is 7.11. The van der Waals surface area contributed by atoms with Gasteiger partial charge < -0.3 is 14.5 Å². The number of carbonyl (C=O) groups excluding carboxylic acids is 1. The van der Waals surface area contributed by atoms with Gasteiger partial charge in [0.1, 0.15) is 0 Å². The monoisotopic (exact) mass is 387 g/mol. The number of sulfonamides is 1. The van der Waals surface area contributed by atoms with E-state index in [-0.39, 0.29) is 23.5 Å². The van der Waals surface area contributed by atoms with Crippen LogP contribution in [0.4, 0.5) is 4.79 Å². The van der Waals surface area contributed by atoms with Crippen LogP contribution >= 0.6 is 11.6 Å². The lowest BCUT2D eigenvalue weighted by Gasteiger charge is -2.35. The first-order valence-corrected chi connectivity index (χ1v) is 10.1. The molecule has 25 heavy (non-hydrogen) atoms. The second-order valence-corrected chi connectivity index (χ2v) is 8.63.